The number of hydrogen-bond donors (Lipinski definition) is 0. The highest BCUT2D eigenvalue weighted by Gasteiger charge is 1.96. The van der Waals surface area contributed by atoms with Crippen molar-refractivity contribution >= 4 is 0 Å². The fourth-order valence-corrected chi connectivity index (χ4v) is 5.66. The molecule has 1 heterocycles. The van der Waals surface area contributed by atoms with E-state index in [1.54, 1.807) is 0 Å². The van der Waals surface area contributed by atoms with Crippen LogP contribution in [0.25, 0.3) is 0 Å². The van der Waals surface area contributed by atoms with E-state index in [1.807, 2.05) is 0 Å². The molecule has 60 heavy (non-hydrogen) atoms. The van der Waals surface area contributed by atoms with Crippen molar-refractivity contribution in [2.45, 2.75) is 333 Å². The van der Waals surface area contributed by atoms with Crippen LogP contribution in [0.15, 0.2) is 36.5 Å². The van der Waals surface area contributed by atoms with Crippen LogP contribution in [0.4, 0.5) is 0 Å². The van der Waals surface area contributed by atoms with Gasteiger partial charge in [-0.1, -0.05) is 305 Å². The normalized spacial score (nSPS) is 14.2. The highest BCUT2D eigenvalue weighted by molar-refractivity contribution is 4.88. The predicted octanol–water partition coefficient (Wildman–Crippen LogP) is 23.1. The van der Waals surface area contributed by atoms with Gasteiger partial charge >= 0.3 is 0 Å². The lowest BCUT2D eigenvalue weighted by Gasteiger charge is -2.08. The fourth-order valence-electron chi connectivity index (χ4n) is 5.66. The number of allylic oxidation sites excluding steroid dienone is 6. The number of ether oxygens (including phenoxy) is 1. The summed E-state index contributed by atoms with van der Waals surface area (Å²) in [6.07, 6.45) is 67.4. The molecule has 0 aromatic heterocycles. The molecule has 366 valence electrons. The molecule has 0 unspecified atom stereocenters. The highest BCUT2D eigenvalue weighted by Crippen LogP contribution is 2.15. The van der Waals surface area contributed by atoms with E-state index in [9.17, 15) is 0 Å². The second-order valence-corrected chi connectivity index (χ2v) is 17.2. The van der Waals surface area contributed by atoms with Crippen molar-refractivity contribution in [2.24, 2.45) is 0 Å². The monoisotopic (exact) mass is 849 g/mol. The minimum Gasteiger partial charge on any atom is -0.381 e. The Morgan fingerprint density at radius 2 is 0.650 bits per heavy atom. The second kappa shape index (κ2) is 85.5. The summed E-state index contributed by atoms with van der Waals surface area (Å²) in [5, 5.41) is 0. The Kier molecular flexibility index (Phi) is 101. The molecule has 0 atom stereocenters. The Balaban J connectivity index is -0.000000136. The van der Waals surface area contributed by atoms with Gasteiger partial charge in [0.1, 0.15) is 0 Å². The van der Waals surface area contributed by atoms with E-state index in [-0.39, 0.29) is 0 Å². The molecule has 0 N–H and O–H groups in total. The molecule has 0 bridgehead atoms. The smallest absolute Gasteiger partial charge is 0.0466 e. The van der Waals surface area contributed by atoms with Gasteiger partial charge < -0.3 is 4.74 Å². The first kappa shape index (κ1) is 70.8. The molecule has 1 nitrogen and oxygen atoms in total. The highest BCUT2D eigenvalue weighted by atomic mass is 16.5. The van der Waals surface area contributed by atoms with Crippen molar-refractivity contribution in [3.05, 3.63) is 36.5 Å². The first-order valence-corrected chi connectivity index (χ1v) is 28.0. The summed E-state index contributed by atoms with van der Waals surface area (Å²) in [7, 11) is 0. The zero-order valence-corrected chi connectivity index (χ0v) is 44.9. The lowest BCUT2D eigenvalue weighted by molar-refractivity contribution is 0.0968. The minimum atomic E-state index is 1.00. The summed E-state index contributed by atoms with van der Waals surface area (Å²) in [5.41, 5.74) is 0. The van der Waals surface area contributed by atoms with E-state index >= 15 is 0 Å². The van der Waals surface area contributed by atoms with Gasteiger partial charge in [0.15, 0.2) is 0 Å². The third-order valence-electron chi connectivity index (χ3n) is 9.99. The van der Waals surface area contributed by atoms with Crippen LogP contribution in [0.5, 0.6) is 0 Å². The number of rotatable bonds is 20. The van der Waals surface area contributed by atoms with Gasteiger partial charge in [0.25, 0.3) is 0 Å². The molecule has 4 rings (SSSR count). The van der Waals surface area contributed by atoms with E-state index in [2.05, 4.69) is 120 Å². The maximum atomic E-state index is 5.07. The summed E-state index contributed by atoms with van der Waals surface area (Å²) in [6.45, 7) is 28.5. The van der Waals surface area contributed by atoms with E-state index in [0.29, 0.717) is 0 Å². The van der Waals surface area contributed by atoms with Crippen LogP contribution in [0, 0.1) is 0 Å². The van der Waals surface area contributed by atoms with Crippen LogP contribution < -0.4 is 0 Å². The molecule has 0 aromatic carbocycles. The molecule has 0 amide bonds. The molecule has 4 aliphatic rings. The van der Waals surface area contributed by atoms with Gasteiger partial charge in [-0.25, -0.2) is 0 Å². The van der Waals surface area contributed by atoms with Crippen molar-refractivity contribution in [2.75, 3.05) is 13.2 Å². The number of hydrogen-bond acceptors (Lipinski definition) is 1. The maximum absolute atomic E-state index is 5.07. The van der Waals surface area contributed by atoms with Crippen LogP contribution in [0.3, 0.4) is 0 Å². The van der Waals surface area contributed by atoms with Crippen LogP contribution in [-0.4, -0.2) is 13.2 Å². The van der Waals surface area contributed by atoms with Gasteiger partial charge in [-0.15, -0.1) is 0 Å². The molecule has 1 aliphatic heterocycles. The zero-order chi connectivity index (χ0) is 45.9. The van der Waals surface area contributed by atoms with Gasteiger partial charge in [0.05, 0.1) is 0 Å². The lowest BCUT2D eigenvalue weighted by Crippen LogP contribution is -2.03. The van der Waals surface area contributed by atoms with E-state index in [4.69, 9.17) is 4.74 Å². The standard InChI is InChI=1S/C8H18.C7H16.2C7H14.C6H12.C6H14.C5H10O.C5H8.C5H12.C3H6/c1-3-5-7-8-6-4-2;3*1-3-5-7-6-4-2;1-2-4-6-5-3-1;1-3-5-6-4-2;1-2-4-6-5-3-1;1-2-4-5-3-1;1-3-5-4-2;1-2-3-1/h3-8H2,1-2H3;3-7H2,1-2H3;5,7H,3-4,6H2,1-2H3;3,5H,4,6-7H2,1-2H3;1-6H2;3-6H2,1-2H3;1-5H2;1-2H,3-5H2;3-5H2,1-2H3;1-3H2/b;;7-5-;5-3-;;;;;;. The molecule has 1 saturated heterocycles. The summed E-state index contributed by atoms with van der Waals surface area (Å²) >= 11 is 0. The first-order chi connectivity index (χ1) is 29.5. The van der Waals surface area contributed by atoms with Gasteiger partial charge in [0.2, 0.25) is 0 Å². The molecule has 2 saturated carbocycles. The van der Waals surface area contributed by atoms with Crippen LogP contribution >= 0.6 is 0 Å². The molecule has 0 spiro atoms. The average molecular weight is 850 g/mol. The first-order valence-electron chi connectivity index (χ1n) is 28.0. The van der Waals surface area contributed by atoms with Gasteiger partial charge in [-0.3, -0.25) is 0 Å². The number of unbranched alkanes of at least 4 members (excludes halogenated alkanes) is 17. The largest absolute Gasteiger partial charge is 0.381 e. The van der Waals surface area contributed by atoms with E-state index in [1.165, 1.54) is 250 Å². The van der Waals surface area contributed by atoms with Gasteiger partial charge in [0, 0.05) is 13.2 Å². The van der Waals surface area contributed by atoms with Crippen molar-refractivity contribution < 1.29 is 4.74 Å². The zero-order valence-electron chi connectivity index (χ0n) is 44.9. The Labute approximate surface area is 386 Å². The molecule has 3 aliphatic carbocycles. The summed E-state index contributed by atoms with van der Waals surface area (Å²) in [6, 6.07) is 0. The molecule has 0 aromatic rings. The fraction of sp³-hybridized carbons (Fsp3) is 0.898. The molecular weight excluding hydrogens is 725 g/mol. The predicted molar refractivity (Wildman–Crippen MR) is 286 cm³/mol. The Hall–Kier alpha value is -0.820. The lowest BCUT2D eigenvalue weighted by atomic mass is 10.0. The van der Waals surface area contributed by atoms with Crippen LogP contribution in [0.1, 0.15) is 333 Å². The quantitative estimate of drug-likeness (QED) is 0.0876. The molecule has 3 fully saturated rings. The summed E-state index contributed by atoms with van der Waals surface area (Å²) in [5.74, 6) is 0. The molecule has 0 radical (unpaired) electrons. The van der Waals surface area contributed by atoms with Crippen LogP contribution in [0.2, 0.25) is 0 Å². The SMILES string of the molecule is C/C=C\CCCC.C1=CCCC1.C1CC1.C1CCCCC1.C1CCOCC1.CC/C=C\CCC.CCCCC.CCCCCC.CCCCCCC.CCCCCCCC. The van der Waals surface area contributed by atoms with Crippen molar-refractivity contribution in [3.63, 3.8) is 0 Å². The van der Waals surface area contributed by atoms with Crippen molar-refractivity contribution in [1.29, 1.82) is 0 Å². The van der Waals surface area contributed by atoms with E-state index < -0.39 is 0 Å². The topological polar surface area (TPSA) is 9.23 Å². The Morgan fingerprint density at radius 1 is 0.317 bits per heavy atom. The minimum absolute atomic E-state index is 1.00. The van der Waals surface area contributed by atoms with Crippen LogP contribution in [-0.2, 0) is 4.74 Å². The average Bonchev–Trinajstić information content (AvgIpc) is 4.07. The second-order valence-electron chi connectivity index (χ2n) is 17.2. The third-order valence-corrected chi connectivity index (χ3v) is 9.99. The van der Waals surface area contributed by atoms with Crippen molar-refractivity contribution in [3.8, 4) is 0 Å². The summed E-state index contributed by atoms with van der Waals surface area (Å²) in [4.78, 5) is 0. The molecule has 1 heteroatoms. The molecular formula is C59H124O. The Bertz CT molecular complexity index is 591. The van der Waals surface area contributed by atoms with Gasteiger partial charge in [-0.05, 0) is 64.7 Å². The summed E-state index contributed by atoms with van der Waals surface area (Å²) < 4.78 is 5.07. The van der Waals surface area contributed by atoms with E-state index in [0.717, 1.165) is 13.2 Å². The maximum Gasteiger partial charge on any atom is 0.0466 e. The Morgan fingerprint density at radius 3 is 0.867 bits per heavy atom. The third kappa shape index (κ3) is 118. The van der Waals surface area contributed by atoms with Crippen molar-refractivity contribution in [1.82, 2.24) is 0 Å². The van der Waals surface area contributed by atoms with Gasteiger partial charge in [-0.2, -0.15) is 0 Å².